The Morgan fingerprint density at radius 2 is 2.08 bits per heavy atom. The summed E-state index contributed by atoms with van der Waals surface area (Å²) in [5.41, 5.74) is 1.03. The summed E-state index contributed by atoms with van der Waals surface area (Å²) >= 11 is 0. The van der Waals surface area contributed by atoms with E-state index in [2.05, 4.69) is 20.7 Å². The van der Waals surface area contributed by atoms with Crippen LogP contribution >= 0.6 is 24.8 Å². The third kappa shape index (κ3) is 6.65. The fourth-order valence-corrected chi connectivity index (χ4v) is 2.89. The van der Waals surface area contributed by atoms with Gasteiger partial charge in [0.25, 0.3) is 0 Å². The molecule has 8 heteroatoms. The van der Waals surface area contributed by atoms with Crippen LogP contribution in [0.1, 0.15) is 31.2 Å². The topological polar surface area (TPSA) is 71.8 Å². The van der Waals surface area contributed by atoms with Gasteiger partial charge in [0, 0.05) is 31.6 Å². The van der Waals surface area contributed by atoms with Crippen LogP contribution in [0.4, 0.5) is 0 Å². The van der Waals surface area contributed by atoms with Crippen molar-refractivity contribution in [2.75, 3.05) is 13.1 Å². The first kappa shape index (κ1) is 21.4. The molecule has 1 fully saturated rings. The van der Waals surface area contributed by atoms with Gasteiger partial charge in [-0.2, -0.15) is 5.10 Å². The lowest BCUT2D eigenvalue weighted by Gasteiger charge is -2.22. The second-order valence-electron chi connectivity index (χ2n) is 5.98. The molecule has 1 aliphatic heterocycles. The third-order valence-electron chi connectivity index (χ3n) is 4.28. The molecule has 0 atom stereocenters. The number of carbonyl (C=O) groups excluding carboxylic acids is 1. The Kier molecular flexibility index (Phi) is 9.49. The summed E-state index contributed by atoms with van der Waals surface area (Å²) in [7, 11) is 0. The minimum atomic E-state index is 0. The number of carbonyl (C=O) groups is 1. The smallest absolute Gasteiger partial charge is 0.220 e. The Morgan fingerprint density at radius 3 is 2.80 bits per heavy atom. The van der Waals surface area contributed by atoms with Gasteiger partial charge < -0.3 is 10.6 Å². The fraction of sp³-hybridized carbons (Fsp3) is 0.471. The molecule has 1 saturated heterocycles. The van der Waals surface area contributed by atoms with Gasteiger partial charge in [0.2, 0.25) is 5.91 Å². The highest BCUT2D eigenvalue weighted by atomic mass is 35.5. The van der Waals surface area contributed by atoms with E-state index in [1.54, 1.807) is 17.1 Å². The highest BCUT2D eigenvalue weighted by Crippen LogP contribution is 2.17. The number of hydrogen-bond acceptors (Lipinski definition) is 4. The molecule has 3 rings (SSSR count). The van der Waals surface area contributed by atoms with E-state index in [4.69, 9.17) is 0 Å². The Hall–Kier alpha value is -1.63. The fourth-order valence-electron chi connectivity index (χ4n) is 2.89. The lowest BCUT2D eigenvalue weighted by Crippen LogP contribution is -2.29. The lowest BCUT2D eigenvalue weighted by atomic mass is 9.93. The van der Waals surface area contributed by atoms with Gasteiger partial charge >= 0.3 is 0 Å². The summed E-state index contributed by atoms with van der Waals surface area (Å²) in [5.74, 6) is 1.58. The highest BCUT2D eigenvalue weighted by molar-refractivity contribution is 5.85. The van der Waals surface area contributed by atoms with Crippen molar-refractivity contribution in [2.24, 2.45) is 5.92 Å². The number of rotatable bonds is 6. The summed E-state index contributed by atoms with van der Waals surface area (Å²) < 4.78 is 1.71. The van der Waals surface area contributed by atoms with Crippen molar-refractivity contribution < 1.29 is 4.79 Å². The van der Waals surface area contributed by atoms with Crippen molar-refractivity contribution in [1.82, 2.24) is 25.4 Å². The second-order valence-corrected chi connectivity index (χ2v) is 5.98. The normalized spacial score (nSPS) is 14.2. The molecule has 2 N–H and O–H groups in total. The molecule has 0 spiro atoms. The number of nitrogens with one attached hydrogen (secondary N) is 2. The molecule has 25 heavy (non-hydrogen) atoms. The van der Waals surface area contributed by atoms with Gasteiger partial charge in [-0.25, -0.2) is 9.67 Å². The Bertz CT molecular complexity index is 630. The molecule has 2 aromatic rings. The van der Waals surface area contributed by atoms with Gasteiger partial charge in [-0.05, 0) is 62.0 Å². The molecule has 6 nitrogen and oxygen atoms in total. The number of piperidine rings is 1. The van der Waals surface area contributed by atoms with E-state index in [0.29, 0.717) is 18.9 Å². The first-order valence-corrected chi connectivity index (χ1v) is 8.23. The van der Waals surface area contributed by atoms with Crippen molar-refractivity contribution in [1.29, 1.82) is 0 Å². The van der Waals surface area contributed by atoms with Crippen LogP contribution in [0.15, 0.2) is 36.8 Å². The molecule has 3 heterocycles. The van der Waals surface area contributed by atoms with Crippen LogP contribution < -0.4 is 10.6 Å². The van der Waals surface area contributed by atoms with Crippen molar-refractivity contribution in [3.63, 3.8) is 0 Å². The van der Waals surface area contributed by atoms with Gasteiger partial charge in [-0.3, -0.25) is 4.79 Å². The van der Waals surface area contributed by atoms with E-state index in [1.807, 2.05) is 24.4 Å². The Morgan fingerprint density at radius 1 is 1.28 bits per heavy atom. The number of aromatic nitrogens is 3. The van der Waals surface area contributed by atoms with Crippen LogP contribution in [-0.4, -0.2) is 33.8 Å². The maximum absolute atomic E-state index is 12.0. The summed E-state index contributed by atoms with van der Waals surface area (Å²) in [6.07, 6.45) is 9.29. The molecule has 1 amide bonds. The average molecular weight is 386 g/mol. The van der Waals surface area contributed by atoms with Gasteiger partial charge in [0.05, 0.1) is 0 Å². The van der Waals surface area contributed by atoms with Crippen LogP contribution in [0, 0.1) is 5.92 Å². The van der Waals surface area contributed by atoms with E-state index >= 15 is 0 Å². The van der Waals surface area contributed by atoms with Crippen molar-refractivity contribution >= 4 is 30.7 Å². The zero-order valence-corrected chi connectivity index (χ0v) is 15.7. The first-order valence-electron chi connectivity index (χ1n) is 8.23. The first-order chi connectivity index (χ1) is 11.3. The van der Waals surface area contributed by atoms with Crippen molar-refractivity contribution in [3.8, 4) is 5.82 Å². The monoisotopic (exact) mass is 385 g/mol. The SMILES string of the molecule is Cl.Cl.O=C(CCC1CCNCC1)NCc1ccnc(-n2cccn2)c1. The Balaban J connectivity index is 0.00000156. The molecule has 0 bridgehead atoms. The Labute approximate surface area is 160 Å². The minimum Gasteiger partial charge on any atom is -0.352 e. The molecule has 0 aromatic carbocycles. The zero-order valence-electron chi connectivity index (χ0n) is 14.1. The van der Waals surface area contributed by atoms with Crippen LogP contribution in [0.25, 0.3) is 5.82 Å². The van der Waals surface area contributed by atoms with E-state index in [-0.39, 0.29) is 30.7 Å². The minimum absolute atomic E-state index is 0. The van der Waals surface area contributed by atoms with Gasteiger partial charge in [-0.15, -0.1) is 24.8 Å². The second kappa shape index (κ2) is 11.1. The standard InChI is InChI=1S/C17H23N5O.2ClH/c23-17(3-2-14-4-8-18-9-5-14)20-13-15-6-10-19-16(12-15)22-11-1-7-21-22;;/h1,6-7,10-12,14,18H,2-5,8-9,13H2,(H,20,23);2*1H. The number of halogens is 2. The lowest BCUT2D eigenvalue weighted by molar-refractivity contribution is -0.121. The predicted octanol–water partition coefficient (Wildman–Crippen LogP) is 2.51. The summed E-state index contributed by atoms with van der Waals surface area (Å²) in [5, 5.41) is 10.5. The van der Waals surface area contributed by atoms with Crippen LogP contribution in [0.3, 0.4) is 0 Å². The zero-order chi connectivity index (χ0) is 15.9. The molecular formula is C17H25Cl2N5O. The summed E-state index contributed by atoms with van der Waals surface area (Å²) in [6.45, 7) is 2.70. The highest BCUT2D eigenvalue weighted by Gasteiger charge is 2.14. The summed E-state index contributed by atoms with van der Waals surface area (Å²) in [4.78, 5) is 16.3. The van der Waals surface area contributed by atoms with Gasteiger partial charge in [0.15, 0.2) is 5.82 Å². The maximum Gasteiger partial charge on any atom is 0.220 e. The van der Waals surface area contributed by atoms with E-state index in [9.17, 15) is 4.79 Å². The number of nitrogens with zero attached hydrogens (tertiary/aromatic N) is 3. The quantitative estimate of drug-likeness (QED) is 0.800. The van der Waals surface area contributed by atoms with E-state index in [1.165, 1.54) is 12.8 Å². The molecule has 138 valence electrons. The van der Waals surface area contributed by atoms with E-state index in [0.717, 1.165) is 30.9 Å². The van der Waals surface area contributed by atoms with Gasteiger partial charge in [-0.1, -0.05) is 0 Å². The maximum atomic E-state index is 12.0. The predicted molar refractivity (Wildman–Crippen MR) is 103 cm³/mol. The number of hydrogen-bond donors (Lipinski definition) is 2. The van der Waals surface area contributed by atoms with Crippen molar-refractivity contribution in [2.45, 2.75) is 32.2 Å². The molecule has 1 aliphatic rings. The van der Waals surface area contributed by atoms with E-state index < -0.39 is 0 Å². The van der Waals surface area contributed by atoms with Crippen LogP contribution in [0.5, 0.6) is 0 Å². The molecule has 2 aromatic heterocycles. The third-order valence-corrected chi connectivity index (χ3v) is 4.28. The number of amides is 1. The van der Waals surface area contributed by atoms with Crippen LogP contribution in [0.2, 0.25) is 0 Å². The number of pyridine rings is 1. The molecular weight excluding hydrogens is 361 g/mol. The van der Waals surface area contributed by atoms with Crippen molar-refractivity contribution in [3.05, 3.63) is 42.4 Å². The van der Waals surface area contributed by atoms with Gasteiger partial charge in [0.1, 0.15) is 0 Å². The molecule has 0 radical (unpaired) electrons. The largest absolute Gasteiger partial charge is 0.352 e. The van der Waals surface area contributed by atoms with Crippen LogP contribution in [-0.2, 0) is 11.3 Å². The molecule has 0 aliphatic carbocycles. The average Bonchev–Trinajstić information content (AvgIpc) is 3.14. The molecule has 0 saturated carbocycles. The summed E-state index contributed by atoms with van der Waals surface area (Å²) in [6, 6.07) is 5.72. The molecule has 0 unspecified atom stereocenters.